The average Bonchev–Trinajstić information content (AvgIpc) is 3.50. The summed E-state index contributed by atoms with van der Waals surface area (Å²) in [5, 5.41) is 32.7. The van der Waals surface area contributed by atoms with Crippen molar-refractivity contribution in [1.82, 2.24) is 24.3 Å². The number of nitriles is 1. The third-order valence-corrected chi connectivity index (χ3v) is 6.47. The zero-order valence-corrected chi connectivity index (χ0v) is 20.6. The molecule has 0 amide bonds. The number of hydrogen-bond donors (Lipinski definition) is 1. The zero-order chi connectivity index (χ0) is 25.8. The van der Waals surface area contributed by atoms with Crippen molar-refractivity contribution in [3.8, 4) is 17.1 Å². The van der Waals surface area contributed by atoms with Gasteiger partial charge < -0.3 is 9.84 Å². The van der Waals surface area contributed by atoms with Gasteiger partial charge in [0.05, 0.1) is 16.8 Å². The molecule has 36 heavy (non-hydrogen) atoms. The maximum Gasteiger partial charge on any atom is 0.293 e. The van der Waals surface area contributed by atoms with Gasteiger partial charge in [-0.1, -0.05) is 31.3 Å². The topological polar surface area (TPSA) is 161 Å². The fourth-order valence-corrected chi connectivity index (χ4v) is 4.43. The van der Waals surface area contributed by atoms with Crippen molar-refractivity contribution in [3.05, 3.63) is 51.6 Å². The number of carbonyl (C=O) groups is 1. The molecule has 0 saturated heterocycles. The van der Waals surface area contributed by atoms with Crippen LogP contribution in [0.3, 0.4) is 0 Å². The Labute approximate surface area is 209 Å². The number of aromatic nitrogens is 5. The first-order valence-electron chi connectivity index (χ1n) is 11.0. The van der Waals surface area contributed by atoms with Crippen molar-refractivity contribution >= 4 is 39.7 Å². The van der Waals surface area contributed by atoms with Gasteiger partial charge in [0.1, 0.15) is 18.0 Å². The first-order valence-corrected chi connectivity index (χ1v) is 11.8. The minimum absolute atomic E-state index is 0.00607. The normalized spacial score (nSPS) is 11.4. The molecule has 0 fully saturated rings. The summed E-state index contributed by atoms with van der Waals surface area (Å²) in [7, 11) is 0. The molecular formula is C23H22N8O4S. The Morgan fingerprint density at radius 3 is 2.86 bits per heavy atom. The van der Waals surface area contributed by atoms with Crippen molar-refractivity contribution in [2.75, 3.05) is 6.61 Å². The number of rotatable bonds is 9. The number of benzene rings is 1. The Hall–Kier alpha value is -4.44. The van der Waals surface area contributed by atoms with Crippen LogP contribution < -0.4 is 5.56 Å². The standard InChI is InChI=1S/C23H22N8O4S/c1-13(2)15-5-6-17-18(9-15)36-23(26-17)31-11-25-22(29-31)28-27-19-14(3)16(10-24)20(33)30(21(19)34)7-4-8-35-12-32/h5-6,9,11-13,33H,4,7-8H2,1-3H3. The van der Waals surface area contributed by atoms with Crippen molar-refractivity contribution < 1.29 is 14.6 Å². The van der Waals surface area contributed by atoms with Crippen LogP contribution in [0.1, 0.15) is 42.9 Å². The second kappa shape index (κ2) is 10.4. The summed E-state index contributed by atoms with van der Waals surface area (Å²) in [6.07, 6.45) is 1.70. The van der Waals surface area contributed by atoms with Crippen molar-refractivity contribution in [2.24, 2.45) is 10.2 Å². The highest BCUT2D eigenvalue weighted by atomic mass is 32.1. The van der Waals surface area contributed by atoms with Crippen LogP contribution in [0.4, 0.5) is 11.6 Å². The number of aromatic hydroxyl groups is 1. The molecule has 1 N–H and O–H groups in total. The number of thiazole rings is 1. The van der Waals surface area contributed by atoms with Crippen LogP contribution in [0, 0.1) is 18.3 Å². The predicted octanol–water partition coefficient (Wildman–Crippen LogP) is 4.03. The molecule has 0 radical (unpaired) electrons. The van der Waals surface area contributed by atoms with E-state index in [4.69, 9.17) is 0 Å². The molecule has 3 aromatic heterocycles. The molecule has 0 atom stereocenters. The van der Waals surface area contributed by atoms with Gasteiger partial charge in [-0.3, -0.25) is 14.2 Å². The van der Waals surface area contributed by atoms with E-state index in [1.54, 1.807) is 0 Å². The Morgan fingerprint density at radius 2 is 2.14 bits per heavy atom. The van der Waals surface area contributed by atoms with Crippen LogP contribution in [-0.4, -0.2) is 42.5 Å². The van der Waals surface area contributed by atoms with E-state index in [2.05, 4.69) is 56.0 Å². The SMILES string of the molecule is Cc1c(C#N)c(O)n(CCCOC=O)c(=O)c1N=Nc1ncn(-c2nc3ccc(C(C)C)cc3s2)n1. The maximum absolute atomic E-state index is 12.9. The largest absolute Gasteiger partial charge is 0.493 e. The van der Waals surface area contributed by atoms with Gasteiger partial charge in [0.25, 0.3) is 18.0 Å². The number of nitrogens with zero attached hydrogens (tertiary/aromatic N) is 8. The van der Waals surface area contributed by atoms with E-state index in [9.17, 15) is 20.0 Å². The van der Waals surface area contributed by atoms with E-state index >= 15 is 0 Å². The molecule has 0 spiro atoms. The Kier molecular flexibility index (Phi) is 7.16. The average molecular weight is 507 g/mol. The first-order chi connectivity index (χ1) is 17.3. The van der Waals surface area contributed by atoms with Gasteiger partial charge in [0, 0.05) is 12.1 Å². The van der Waals surface area contributed by atoms with Gasteiger partial charge in [0.2, 0.25) is 11.0 Å². The Bertz CT molecular complexity index is 1560. The molecule has 0 bridgehead atoms. The van der Waals surface area contributed by atoms with Gasteiger partial charge in [-0.2, -0.15) is 14.9 Å². The first kappa shape index (κ1) is 24.7. The number of azo groups is 1. The van der Waals surface area contributed by atoms with Gasteiger partial charge in [-0.05, 0) is 37.0 Å². The highest BCUT2D eigenvalue weighted by Gasteiger charge is 2.19. The molecule has 0 unspecified atom stereocenters. The molecule has 0 aliphatic heterocycles. The predicted molar refractivity (Wildman–Crippen MR) is 131 cm³/mol. The van der Waals surface area contributed by atoms with Gasteiger partial charge in [-0.25, -0.2) is 4.98 Å². The van der Waals surface area contributed by atoms with Gasteiger partial charge >= 0.3 is 0 Å². The quantitative estimate of drug-likeness (QED) is 0.202. The molecule has 13 heteroatoms. The summed E-state index contributed by atoms with van der Waals surface area (Å²) < 4.78 is 8.11. The van der Waals surface area contributed by atoms with Crippen molar-refractivity contribution in [2.45, 2.75) is 39.7 Å². The number of ether oxygens (including phenoxy) is 1. The van der Waals surface area contributed by atoms with Crippen LogP contribution in [0.15, 0.2) is 39.5 Å². The van der Waals surface area contributed by atoms with Crippen LogP contribution in [0.25, 0.3) is 15.3 Å². The van der Waals surface area contributed by atoms with Crippen molar-refractivity contribution in [1.29, 1.82) is 5.26 Å². The zero-order valence-electron chi connectivity index (χ0n) is 19.7. The summed E-state index contributed by atoms with van der Waals surface area (Å²) >= 11 is 1.46. The Morgan fingerprint density at radius 1 is 1.33 bits per heavy atom. The molecule has 3 heterocycles. The van der Waals surface area contributed by atoms with E-state index in [0.29, 0.717) is 17.5 Å². The monoisotopic (exact) mass is 506 g/mol. The van der Waals surface area contributed by atoms with Crippen LogP contribution in [0.2, 0.25) is 0 Å². The summed E-state index contributed by atoms with van der Waals surface area (Å²) in [6, 6.07) is 8.01. The fourth-order valence-electron chi connectivity index (χ4n) is 3.49. The number of carbonyl (C=O) groups excluding carboxylic acids is 1. The van der Waals surface area contributed by atoms with Crippen LogP contribution in [-0.2, 0) is 16.1 Å². The molecule has 12 nitrogen and oxygen atoms in total. The van der Waals surface area contributed by atoms with E-state index in [1.807, 2.05) is 12.1 Å². The Balaban J connectivity index is 1.63. The molecule has 184 valence electrons. The molecule has 0 aliphatic carbocycles. The summed E-state index contributed by atoms with van der Waals surface area (Å²) in [5.41, 5.74) is 1.36. The highest BCUT2D eigenvalue weighted by molar-refractivity contribution is 7.20. The van der Waals surface area contributed by atoms with Crippen LogP contribution >= 0.6 is 11.3 Å². The summed E-state index contributed by atoms with van der Waals surface area (Å²) in [5.74, 6) is -0.0881. The summed E-state index contributed by atoms with van der Waals surface area (Å²) in [4.78, 5) is 32.0. The van der Waals surface area contributed by atoms with Gasteiger partial charge in [0.15, 0.2) is 5.69 Å². The second-order valence-corrected chi connectivity index (χ2v) is 9.14. The summed E-state index contributed by atoms with van der Waals surface area (Å²) in [6.45, 7) is 6.11. The maximum atomic E-state index is 12.9. The fraction of sp³-hybridized carbons (Fsp3) is 0.304. The number of hydrogen-bond acceptors (Lipinski definition) is 11. The lowest BCUT2D eigenvalue weighted by molar-refractivity contribution is -0.128. The molecular weight excluding hydrogens is 484 g/mol. The van der Waals surface area contributed by atoms with E-state index < -0.39 is 11.4 Å². The van der Waals surface area contributed by atoms with E-state index in [-0.39, 0.29) is 42.3 Å². The number of fused-ring (bicyclic) bond motifs is 1. The lowest BCUT2D eigenvalue weighted by Gasteiger charge is -2.12. The van der Waals surface area contributed by atoms with Crippen LogP contribution in [0.5, 0.6) is 5.88 Å². The van der Waals surface area contributed by atoms with E-state index in [0.717, 1.165) is 14.8 Å². The molecule has 4 aromatic rings. The third kappa shape index (κ3) is 4.84. The van der Waals surface area contributed by atoms with E-state index in [1.165, 1.54) is 34.8 Å². The highest BCUT2D eigenvalue weighted by Crippen LogP contribution is 2.29. The third-order valence-electron chi connectivity index (χ3n) is 5.46. The minimum atomic E-state index is -0.648. The lowest BCUT2D eigenvalue weighted by Crippen LogP contribution is -2.22. The smallest absolute Gasteiger partial charge is 0.293 e. The van der Waals surface area contributed by atoms with Gasteiger partial charge in [-0.15, -0.1) is 15.3 Å². The number of pyridine rings is 1. The molecule has 0 saturated carbocycles. The molecule has 1 aromatic carbocycles. The molecule has 0 aliphatic rings. The molecule has 4 rings (SSSR count). The van der Waals surface area contributed by atoms with Crippen molar-refractivity contribution in [3.63, 3.8) is 0 Å². The second-order valence-electron chi connectivity index (χ2n) is 8.13. The minimum Gasteiger partial charge on any atom is -0.493 e. The lowest BCUT2D eigenvalue weighted by atomic mass is 10.0.